The van der Waals surface area contributed by atoms with Crippen molar-refractivity contribution in [2.45, 2.75) is 0 Å². The highest BCUT2D eigenvalue weighted by Crippen LogP contribution is 2.43. The van der Waals surface area contributed by atoms with Crippen LogP contribution in [0.5, 0.6) is 0 Å². The Bertz CT molecular complexity index is 6990. The molecule has 6 aromatic heterocycles. The van der Waals surface area contributed by atoms with Crippen LogP contribution < -0.4 is 0 Å². The van der Waals surface area contributed by atoms with Gasteiger partial charge in [0.15, 0.2) is 17.5 Å². The number of hydrogen-bond acceptors (Lipinski definition) is 7. The van der Waals surface area contributed by atoms with Crippen LogP contribution in [-0.2, 0) is 0 Å². The van der Waals surface area contributed by atoms with E-state index in [9.17, 15) is 10.5 Å². The second kappa shape index (κ2) is 24.1. The zero-order valence-electron chi connectivity index (χ0n) is 55.7. The molecule has 0 N–H and O–H groups in total. The largest absolute Gasteiger partial charge is 0.309 e. The summed E-state index contributed by atoms with van der Waals surface area (Å²) < 4.78 is 9.28. The molecule has 104 heavy (non-hydrogen) atoms. The van der Waals surface area contributed by atoms with E-state index in [-0.39, 0.29) is 0 Å². The smallest absolute Gasteiger partial charge is 0.238 e. The molecule has 11 heteroatoms. The summed E-state index contributed by atoms with van der Waals surface area (Å²) in [5.41, 5.74) is 23.2. The van der Waals surface area contributed by atoms with Gasteiger partial charge in [0.1, 0.15) is 0 Å². The molecule has 6 heterocycles. The van der Waals surface area contributed by atoms with E-state index in [1.54, 1.807) is 12.1 Å². The maximum Gasteiger partial charge on any atom is 0.238 e. The Morgan fingerprint density at radius 3 is 1.14 bits per heavy atom. The van der Waals surface area contributed by atoms with Gasteiger partial charge in [-0.05, 0) is 180 Å². The molecule has 0 fully saturated rings. The summed E-state index contributed by atoms with van der Waals surface area (Å²) >= 11 is 0. The Balaban J connectivity index is 0.671. The van der Waals surface area contributed by atoms with Crippen LogP contribution in [0.15, 0.2) is 334 Å². The van der Waals surface area contributed by atoms with Crippen LogP contribution in [0.3, 0.4) is 0 Å². The fourth-order valence-electron chi connectivity index (χ4n) is 15.4. The van der Waals surface area contributed by atoms with Crippen molar-refractivity contribution in [2.75, 3.05) is 0 Å². The van der Waals surface area contributed by atoms with Crippen molar-refractivity contribution in [3.63, 3.8) is 0 Å². The molecule has 0 saturated heterocycles. The first-order valence-corrected chi connectivity index (χ1v) is 34.6. The first-order valence-electron chi connectivity index (χ1n) is 34.6. The number of para-hydroxylation sites is 4. The predicted molar refractivity (Wildman–Crippen MR) is 420 cm³/mol. The standard InChI is InChI=1S/C93H55N11/c94-56-58-34-36-62(37-35-58)91-98-90(61-21-6-2-7-22-61)99-93(100-91)104-84-33-15-12-30-74(84)79-54-71(42-47-89(79)104)103-83-32-14-11-29-73(83)75-50-64(38-43-86(75)103)63-23-17-27-70(49-63)102-82-31-13-10-28-72(82)76-51-65(39-44-85(76)102)66-40-45-87-77(52-66)78-53-68(41-46-88(78)101(87)69-25-8-3-9-26-69)92-96-80(60-19-4-1-5-20-60)55-81(97-92)67-24-16-18-59(48-67)57-95/h1-55H. The number of nitriles is 2. The molecule has 0 spiro atoms. The summed E-state index contributed by atoms with van der Waals surface area (Å²) in [7, 11) is 0. The lowest BCUT2D eigenvalue weighted by Gasteiger charge is -2.12. The number of fused-ring (bicyclic) bond motifs is 12. The Labute approximate surface area is 596 Å². The fourth-order valence-corrected chi connectivity index (χ4v) is 15.4. The Kier molecular flexibility index (Phi) is 13.7. The molecule has 0 bridgehead atoms. The van der Waals surface area contributed by atoms with Gasteiger partial charge in [0.25, 0.3) is 0 Å². The van der Waals surface area contributed by atoms with E-state index in [0.717, 1.165) is 160 Å². The van der Waals surface area contributed by atoms with Gasteiger partial charge in [-0.1, -0.05) is 176 Å². The highest BCUT2D eigenvalue weighted by Gasteiger charge is 2.23. The topological polar surface area (TPSA) is 132 Å². The highest BCUT2D eigenvalue weighted by molar-refractivity contribution is 6.15. The van der Waals surface area contributed by atoms with Gasteiger partial charge < -0.3 is 13.7 Å². The van der Waals surface area contributed by atoms with Crippen LogP contribution in [0.1, 0.15) is 11.1 Å². The minimum atomic E-state index is 0.500. The SMILES string of the molecule is N#Cc1ccc(-c2nc(-c3ccccc3)nc(-n3c4ccccc4c4cc(-n5c6ccccc6c6cc(-c7cccc(-n8c9ccccc9c9cc(-c%10ccc%11c(c%10)c%10cc(-c%12nc(-c%13ccccc%13)cc(-c%13cccc(C#N)c%13)n%12)ccc%10n%11-c%10ccccc%10)ccc98)c7)ccc65)ccc43)n2)cc1. The summed E-state index contributed by atoms with van der Waals surface area (Å²) in [5, 5.41) is 28.5. The van der Waals surface area contributed by atoms with Crippen LogP contribution >= 0.6 is 0 Å². The summed E-state index contributed by atoms with van der Waals surface area (Å²) in [4.78, 5) is 25.8. The Hall–Kier alpha value is -14.7. The third-order valence-corrected chi connectivity index (χ3v) is 20.3. The average Bonchev–Trinajstić information content (AvgIpc) is 1.58. The number of hydrogen-bond donors (Lipinski definition) is 0. The molecule has 0 atom stereocenters. The lowest BCUT2D eigenvalue weighted by atomic mass is 10.00. The van der Waals surface area contributed by atoms with E-state index in [4.69, 9.17) is 24.9 Å². The molecular weight excluding hydrogens is 1270 g/mol. The zero-order chi connectivity index (χ0) is 68.9. The van der Waals surface area contributed by atoms with E-state index < -0.39 is 0 Å². The molecule has 20 aromatic rings. The average molecular weight is 1330 g/mol. The normalized spacial score (nSPS) is 11.6. The van der Waals surface area contributed by atoms with Gasteiger partial charge in [-0.25, -0.2) is 15.0 Å². The molecule has 482 valence electrons. The second-order valence-corrected chi connectivity index (χ2v) is 26.3. The van der Waals surface area contributed by atoms with Gasteiger partial charge in [0, 0.05) is 88.0 Å². The van der Waals surface area contributed by atoms with Gasteiger partial charge in [-0.15, -0.1) is 0 Å². The molecule has 0 unspecified atom stereocenters. The minimum Gasteiger partial charge on any atom is -0.309 e. The third-order valence-electron chi connectivity index (χ3n) is 20.3. The number of aromatic nitrogens is 9. The molecule has 0 saturated carbocycles. The van der Waals surface area contributed by atoms with Crippen LogP contribution in [0, 0.1) is 22.7 Å². The van der Waals surface area contributed by atoms with Gasteiger partial charge >= 0.3 is 0 Å². The molecule has 0 aliphatic carbocycles. The fraction of sp³-hybridized carbons (Fsp3) is 0. The molecule has 0 aliphatic rings. The molecule has 0 aliphatic heterocycles. The number of rotatable bonds is 11. The monoisotopic (exact) mass is 1330 g/mol. The molecule has 0 amide bonds. The highest BCUT2D eigenvalue weighted by atomic mass is 15.2. The lowest BCUT2D eigenvalue weighted by molar-refractivity contribution is 0.953. The molecule has 0 radical (unpaired) electrons. The van der Waals surface area contributed by atoms with E-state index in [0.29, 0.717) is 34.5 Å². The maximum atomic E-state index is 9.88. The van der Waals surface area contributed by atoms with Crippen LogP contribution in [0.4, 0.5) is 0 Å². The van der Waals surface area contributed by atoms with Gasteiger partial charge in [-0.2, -0.15) is 20.5 Å². The van der Waals surface area contributed by atoms with E-state index >= 15 is 0 Å². The van der Waals surface area contributed by atoms with Gasteiger partial charge in [0.2, 0.25) is 5.95 Å². The second-order valence-electron chi connectivity index (χ2n) is 26.3. The van der Waals surface area contributed by atoms with Crippen molar-refractivity contribution < 1.29 is 0 Å². The molecule has 14 aromatic carbocycles. The van der Waals surface area contributed by atoms with E-state index in [1.807, 2.05) is 91.0 Å². The predicted octanol–water partition coefficient (Wildman–Crippen LogP) is 22.5. The quantitative estimate of drug-likeness (QED) is 0.126. The number of benzene rings is 14. The zero-order valence-corrected chi connectivity index (χ0v) is 55.7. The summed E-state index contributed by atoms with van der Waals surface area (Å²) in [6.45, 7) is 0. The minimum absolute atomic E-state index is 0.500. The van der Waals surface area contributed by atoms with E-state index in [1.165, 1.54) is 5.39 Å². The first kappa shape index (κ1) is 59.4. The Morgan fingerprint density at radius 1 is 0.202 bits per heavy atom. The van der Waals surface area contributed by atoms with Crippen molar-refractivity contribution in [1.29, 1.82) is 10.5 Å². The van der Waals surface area contributed by atoms with Crippen molar-refractivity contribution in [2.24, 2.45) is 0 Å². The van der Waals surface area contributed by atoms with Crippen LogP contribution in [0.25, 0.3) is 189 Å². The number of nitrogens with zero attached hydrogens (tertiary/aromatic N) is 11. The van der Waals surface area contributed by atoms with Crippen LogP contribution in [0.2, 0.25) is 0 Å². The lowest BCUT2D eigenvalue weighted by Crippen LogP contribution is -2.06. The molecule has 20 rings (SSSR count). The molecular formula is C93H55N11. The summed E-state index contributed by atoms with van der Waals surface area (Å²) in [6.07, 6.45) is 0. The van der Waals surface area contributed by atoms with Gasteiger partial charge in [0.05, 0.1) is 78.8 Å². The third kappa shape index (κ3) is 9.83. The molecule has 11 nitrogen and oxygen atoms in total. The van der Waals surface area contributed by atoms with Crippen LogP contribution in [-0.4, -0.2) is 43.2 Å². The summed E-state index contributed by atoms with van der Waals surface area (Å²) in [5.74, 6) is 2.17. The summed E-state index contributed by atoms with van der Waals surface area (Å²) in [6, 6.07) is 121. The van der Waals surface area contributed by atoms with Crippen molar-refractivity contribution in [3.8, 4) is 114 Å². The van der Waals surface area contributed by atoms with Gasteiger partial charge in [-0.3, -0.25) is 4.57 Å². The maximum absolute atomic E-state index is 9.88. The van der Waals surface area contributed by atoms with Crippen molar-refractivity contribution >= 4 is 87.2 Å². The first-order chi connectivity index (χ1) is 51.4. The van der Waals surface area contributed by atoms with E-state index in [2.05, 4.69) is 261 Å². The van der Waals surface area contributed by atoms with Crippen molar-refractivity contribution in [3.05, 3.63) is 345 Å². The Morgan fingerprint density at radius 2 is 0.567 bits per heavy atom. The van der Waals surface area contributed by atoms with Crippen molar-refractivity contribution in [1.82, 2.24) is 43.2 Å².